The van der Waals surface area contributed by atoms with E-state index in [1.54, 1.807) is 5.56 Å². The van der Waals surface area contributed by atoms with E-state index in [4.69, 9.17) is 0 Å². The van der Waals surface area contributed by atoms with Crippen molar-refractivity contribution in [1.29, 1.82) is 0 Å². The summed E-state index contributed by atoms with van der Waals surface area (Å²) in [5.74, 6) is 0.607. The molecule has 0 aliphatic rings. The molecule has 0 saturated heterocycles. The molecule has 0 aliphatic heterocycles. The first-order valence-electron chi connectivity index (χ1n) is 8.79. The van der Waals surface area contributed by atoms with Gasteiger partial charge in [0, 0.05) is 16.8 Å². The monoisotopic (exact) mass is 293 g/mol. The Bertz CT molecular complexity index is 429. The predicted molar refractivity (Wildman–Crippen MR) is 97.6 cm³/mol. The first-order valence-corrected chi connectivity index (χ1v) is 8.79. The largest absolute Gasteiger partial charge is 0.361 e. The maximum Gasteiger partial charge on any atom is 0.0236 e. The highest BCUT2D eigenvalue weighted by atomic mass is 14.8. The first-order chi connectivity index (χ1) is 9.56. The zero-order valence-electron chi connectivity index (χ0n) is 16.5. The van der Waals surface area contributed by atoms with Gasteiger partial charge in [0.15, 0.2) is 0 Å². The lowest BCUT2D eigenvalue weighted by molar-refractivity contribution is 0.492. The molecule has 0 radical (unpaired) electrons. The third kappa shape index (κ3) is 4.37. The normalized spacial score (nSPS) is 13.7. The molecule has 1 aromatic rings. The Morgan fingerprint density at radius 3 is 1.81 bits per heavy atom. The lowest BCUT2D eigenvalue weighted by Gasteiger charge is -2.27. The van der Waals surface area contributed by atoms with Crippen molar-refractivity contribution in [2.45, 2.75) is 106 Å². The Morgan fingerprint density at radius 1 is 1.00 bits per heavy atom. The average molecular weight is 294 g/mol. The van der Waals surface area contributed by atoms with Crippen LogP contribution in [0.2, 0.25) is 0 Å². The van der Waals surface area contributed by atoms with Crippen LogP contribution in [-0.4, -0.2) is 4.98 Å². The van der Waals surface area contributed by atoms with Crippen molar-refractivity contribution in [3.05, 3.63) is 22.5 Å². The van der Waals surface area contributed by atoms with E-state index in [1.807, 2.05) is 13.8 Å². The van der Waals surface area contributed by atoms with Crippen LogP contribution in [0.3, 0.4) is 0 Å². The van der Waals surface area contributed by atoms with Gasteiger partial charge >= 0.3 is 0 Å². The summed E-state index contributed by atoms with van der Waals surface area (Å²) in [5, 5.41) is 0. The molecule has 0 aliphatic carbocycles. The van der Waals surface area contributed by atoms with Gasteiger partial charge < -0.3 is 4.98 Å². The third-order valence-corrected chi connectivity index (χ3v) is 4.69. The van der Waals surface area contributed by atoms with E-state index < -0.39 is 0 Å². The fraction of sp³-hybridized carbons (Fsp3) is 0.800. The van der Waals surface area contributed by atoms with Crippen LogP contribution in [0.5, 0.6) is 0 Å². The minimum Gasteiger partial charge on any atom is -0.361 e. The van der Waals surface area contributed by atoms with Crippen LogP contribution in [-0.2, 0) is 10.8 Å². The van der Waals surface area contributed by atoms with Crippen molar-refractivity contribution in [2.75, 3.05) is 0 Å². The van der Waals surface area contributed by atoms with Gasteiger partial charge in [-0.1, -0.05) is 69.2 Å². The summed E-state index contributed by atoms with van der Waals surface area (Å²) in [6.07, 6.45) is 2.37. The first kappa shape index (κ1) is 20.3. The van der Waals surface area contributed by atoms with Crippen LogP contribution < -0.4 is 0 Å². The second-order valence-electron chi connectivity index (χ2n) is 7.71. The highest BCUT2D eigenvalue weighted by Crippen LogP contribution is 2.40. The minimum atomic E-state index is 0.189. The summed E-state index contributed by atoms with van der Waals surface area (Å²) < 4.78 is 0. The van der Waals surface area contributed by atoms with E-state index in [0.717, 1.165) is 0 Å². The summed E-state index contributed by atoms with van der Waals surface area (Å²) in [4.78, 5) is 3.78. The van der Waals surface area contributed by atoms with Crippen LogP contribution >= 0.6 is 0 Å². The van der Waals surface area contributed by atoms with Gasteiger partial charge in [-0.15, -0.1) is 0 Å². The molecule has 1 unspecified atom stereocenters. The molecule has 0 bridgehead atoms. The van der Waals surface area contributed by atoms with Gasteiger partial charge in [0.25, 0.3) is 0 Å². The van der Waals surface area contributed by atoms with Crippen molar-refractivity contribution in [1.82, 2.24) is 4.98 Å². The number of aromatic amines is 1. The Labute approximate surface area is 133 Å². The number of H-pyrrole nitrogens is 1. The molecule has 21 heavy (non-hydrogen) atoms. The molecule has 0 fully saturated rings. The van der Waals surface area contributed by atoms with E-state index >= 15 is 0 Å². The van der Waals surface area contributed by atoms with Gasteiger partial charge in [-0.2, -0.15) is 0 Å². The smallest absolute Gasteiger partial charge is 0.0236 e. The topological polar surface area (TPSA) is 15.8 Å². The fourth-order valence-electron chi connectivity index (χ4n) is 2.99. The van der Waals surface area contributed by atoms with Crippen LogP contribution in [0.25, 0.3) is 0 Å². The number of nitrogens with one attached hydrogen (secondary N) is 1. The highest BCUT2D eigenvalue weighted by Gasteiger charge is 2.31. The summed E-state index contributed by atoms with van der Waals surface area (Å²) in [6.45, 7) is 24.9. The molecule has 124 valence electrons. The van der Waals surface area contributed by atoms with E-state index in [0.29, 0.717) is 5.92 Å². The second-order valence-corrected chi connectivity index (χ2v) is 7.71. The van der Waals surface area contributed by atoms with Crippen molar-refractivity contribution < 1.29 is 0 Å². The number of hydrogen-bond donors (Lipinski definition) is 1. The molecule has 0 aromatic carbocycles. The maximum atomic E-state index is 3.78. The van der Waals surface area contributed by atoms with E-state index in [-0.39, 0.29) is 10.8 Å². The third-order valence-electron chi connectivity index (χ3n) is 4.69. The lowest BCUT2D eigenvalue weighted by Crippen LogP contribution is -2.19. The molecule has 1 heteroatoms. The number of aromatic nitrogens is 1. The Hall–Kier alpha value is -0.720. The van der Waals surface area contributed by atoms with Crippen molar-refractivity contribution in [3.8, 4) is 0 Å². The molecule has 0 amide bonds. The minimum absolute atomic E-state index is 0.189. The summed E-state index contributed by atoms with van der Waals surface area (Å²) in [7, 11) is 0. The van der Waals surface area contributed by atoms with Crippen LogP contribution in [0, 0.1) is 6.92 Å². The molecule has 1 heterocycles. The molecule has 0 saturated carbocycles. The Kier molecular flexibility index (Phi) is 7.26. The maximum absolute atomic E-state index is 3.78. The van der Waals surface area contributed by atoms with E-state index in [1.165, 1.54) is 29.8 Å². The van der Waals surface area contributed by atoms with Crippen molar-refractivity contribution >= 4 is 0 Å². The molecule has 0 spiro atoms. The molecule has 1 aromatic heterocycles. The zero-order chi connectivity index (χ0) is 17.0. The quantitative estimate of drug-likeness (QED) is 0.625. The predicted octanol–water partition coefficient (Wildman–Crippen LogP) is 6.85. The van der Waals surface area contributed by atoms with Crippen LogP contribution in [0.1, 0.15) is 111 Å². The Balaban J connectivity index is 0.00000191. The van der Waals surface area contributed by atoms with Gasteiger partial charge in [0.2, 0.25) is 0 Å². The lowest BCUT2D eigenvalue weighted by atomic mass is 9.76. The summed E-state index contributed by atoms with van der Waals surface area (Å²) >= 11 is 0. The van der Waals surface area contributed by atoms with Gasteiger partial charge in [-0.25, -0.2) is 0 Å². The number of rotatable bonds is 4. The van der Waals surface area contributed by atoms with Gasteiger partial charge in [0.1, 0.15) is 0 Å². The van der Waals surface area contributed by atoms with Crippen molar-refractivity contribution in [3.63, 3.8) is 0 Å². The number of hydrogen-bond acceptors (Lipinski definition) is 0. The van der Waals surface area contributed by atoms with Gasteiger partial charge in [-0.05, 0) is 42.2 Å². The van der Waals surface area contributed by atoms with E-state index in [2.05, 4.69) is 67.3 Å². The van der Waals surface area contributed by atoms with Gasteiger partial charge in [0.05, 0.1) is 0 Å². The standard InChI is InChI=1S/C18H33N.C2H6/c1-10-12(3)15-14(18(8,9)11-2)13(4)16(19-15)17(5,6)7;1-2/h12,19H,10-11H2,1-9H3;1-2H3. The average Bonchev–Trinajstić information content (AvgIpc) is 2.78. The van der Waals surface area contributed by atoms with Crippen molar-refractivity contribution in [2.24, 2.45) is 0 Å². The molecule has 1 N–H and O–H groups in total. The highest BCUT2D eigenvalue weighted by molar-refractivity contribution is 5.45. The van der Waals surface area contributed by atoms with E-state index in [9.17, 15) is 0 Å². The molecule has 1 rings (SSSR count). The molecule has 1 atom stereocenters. The molecular formula is C20H39N. The zero-order valence-corrected chi connectivity index (χ0v) is 16.5. The van der Waals surface area contributed by atoms with Crippen LogP contribution in [0.15, 0.2) is 0 Å². The molecule has 1 nitrogen and oxygen atoms in total. The SMILES string of the molecule is CC.CCC(C)c1[nH]c(C(C)(C)C)c(C)c1C(C)(C)CC. The molecular weight excluding hydrogens is 254 g/mol. The second kappa shape index (κ2) is 7.51. The Morgan fingerprint density at radius 2 is 1.48 bits per heavy atom. The summed E-state index contributed by atoms with van der Waals surface area (Å²) in [6, 6.07) is 0. The van der Waals surface area contributed by atoms with Crippen LogP contribution in [0.4, 0.5) is 0 Å². The fourth-order valence-corrected chi connectivity index (χ4v) is 2.99. The summed E-state index contributed by atoms with van der Waals surface area (Å²) in [5.41, 5.74) is 6.37. The van der Waals surface area contributed by atoms with Gasteiger partial charge in [-0.3, -0.25) is 0 Å².